The van der Waals surface area contributed by atoms with Crippen LogP contribution in [0.15, 0.2) is 0 Å². The van der Waals surface area contributed by atoms with Crippen LogP contribution in [0, 0.1) is 11.3 Å². The topological polar surface area (TPSA) is 96.0 Å². The van der Waals surface area contributed by atoms with Crippen molar-refractivity contribution in [3.8, 4) is 0 Å². The Labute approximate surface area is 166 Å². The van der Waals surface area contributed by atoms with Crippen LogP contribution in [-0.2, 0) is 19.1 Å². The Kier molecular flexibility index (Phi) is 6.72. The summed E-state index contributed by atoms with van der Waals surface area (Å²) < 4.78 is 4.82. The average Bonchev–Trinajstić information content (AvgIpc) is 2.86. The SMILES string of the molecule is CCOC(=O)CN(C)C(=O)CN1C(=O)NC2(CCC(C(C)(C)CC)CC2)C1=O. The molecular formula is C20H33N3O5. The number of hydrogen-bond donors (Lipinski definition) is 1. The lowest BCUT2D eigenvalue weighted by atomic mass is 9.65. The number of likely N-dealkylation sites (N-methyl/N-ethyl adjacent to an activating group) is 1. The predicted octanol–water partition coefficient (Wildman–Crippen LogP) is 1.92. The predicted molar refractivity (Wildman–Crippen MR) is 103 cm³/mol. The largest absolute Gasteiger partial charge is 0.465 e. The zero-order valence-electron chi connectivity index (χ0n) is 17.7. The van der Waals surface area contributed by atoms with Gasteiger partial charge >= 0.3 is 12.0 Å². The normalized spacial score (nSPS) is 25.0. The van der Waals surface area contributed by atoms with Crippen LogP contribution in [0.1, 0.15) is 59.8 Å². The number of imide groups is 1. The van der Waals surface area contributed by atoms with E-state index in [0.717, 1.165) is 24.2 Å². The van der Waals surface area contributed by atoms with Gasteiger partial charge in [-0.2, -0.15) is 0 Å². The maximum atomic E-state index is 13.0. The standard InChI is InChI=1S/C20H33N3O5/c1-6-19(3,4)14-8-10-20(11-9-14)17(26)23(18(27)21-20)12-15(24)22(5)13-16(25)28-7-2/h14H,6-13H2,1-5H3,(H,21,27). The summed E-state index contributed by atoms with van der Waals surface area (Å²) in [4.78, 5) is 51.4. The Morgan fingerprint density at radius 2 is 1.86 bits per heavy atom. The number of carbonyl (C=O) groups excluding carboxylic acids is 4. The van der Waals surface area contributed by atoms with Crippen molar-refractivity contribution >= 4 is 23.8 Å². The Hall–Kier alpha value is -2.12. The highest BCUT2D eigenvalue weighted by atomic mass is 16.5. The second kappa shape index (κ2) is 8.49. The molecule has 1 spiro atoms. The molecule has 1 heterocycles. The molecule has 158 valence electrons. The summed E-state index contributed by atoms with van der Waals surface area (Å²) in [6.45, 7) is 7.99. The van der Waals surface area contributed by atoms with E-state index in [-0.39, 0.29) is 31.0 Å². The van der Waals surface area contributed by atoms with Crippen LogP contribution >= 0.6 is 0 Å². The molecule has 1 saturated carbocycles. The van der Waals surface area contributed by atoms with Gasteiger partial charge in [-0.25, -0.2) is 4.79 Å². The lowest BCUT2D eigenvalue weighted by molar-refractivity contribution is -0.148. The summed E-state index contributed by atoms with van der Waals surface area (Å²) in [5.41, 5.74) is -0.684. The molecule has 1 N–H and O–H groups in total. The molecule has 1 saturated heterocycles. The first-order chi connectivity index (χ1) is 13.1. The van der Waals surface area contributed by atoms with E-state index in [4.69, 9.17) is 4.74 Å². The van der Waals surface area contributed by atoms with Crippen molar-refractivity contribution < 1.29 is 23.9 Å². The Bertz CT molecular complexity index is 638. The highest BCUT2D eigenvalue weighted by Crippen LogP contribution is 2.45. The van der Waals surface area contributed by atoms with Gasteiger partial charge in [0.25, 0.3) is 5.91 Å². The quantitative estimate of drug-likeness (QED) is 0.525. The number of rotatable bonds is 7. The minimum atomic E-state index is -0.891. The number of esters is 1. The van der Waals surface area contributed by atoms with E-state index in [2.05, 4.69) is 26.1 Å². The van der Waals surface area contributed by atoms with Crippen molar-refractivity contribution in [3.05, 3.63) is 0 Å². The minimum absolute atomic E-state index is 0.207. The Morgan fingerprint density at radius 3 is 2.39 bits per heavy atom. The molecule has 4 amide bonds. The van der Waals surface area contributed by atoms with Crippen LogP contribution in [-0.4, -0.2) is 65.9 Å². The van der Waals surface area contributed by atoms with Crippen LogP contribution in [0.25, 0.3) is 0 Å². The van der Waals surface area contributed by atoms with E-state index in [1.54, 1.807) is 6.92 Å². The van der Waals surface area contributed by atoms with Crippen molar-refractivity contribution in [1.29, 1.82) is 0 Å². The highest BCUT2D eigenvalue weighted by Gasteiger charge is 2.53. The summed E-state index contributed by atoms with van der Waals surface area (Å²) >= 11 is 0. The lowest BCUT2D eigenvalue weighted by Crippen LogP contribution is -2.51. The second-order valence-electron chi connectivity index (χ2n) is 8.57. The summed E-state index contributed by atoms with van der Waals surface area (Å²) in [5.74, 6) is -0.819. The molecular weight excluding hydrogens is 362 g/mol. The van der Waals surface area contributed by atoms with Gasteiger partial charge in [-0.15, -0.1) is 0 Å². The van der Waals surface area contributed by atoms with Crippen molar-refractivity contribution in [2.45, 2.75) is 65.3 Å². The molecule has 0 bridgehead atoms. The van der Waals surface area contributed by atoms with Crippen molar-refractivity contribution in [2.75, 3.05) is 26.7 Å². The first kappa shape index (κ1) is 22.2. The minimum Gasteiger partial charge on any atom is -0.465 e. The maximum Gasteiger partial charge on any atom is 0.325 e. The van der Waals surface area contributed by atoms with Gasteiger partial charge in [-0.3, -0.25) is 19.3 Å². The summed E-state index contributed by atoms with van der Waals surface area (Å²) in [6, 6.07) is -0.531. The van der Waals surface area contributed by atoms with Crippen LogP contribution in [0.2, 0.25) is 0 Å². The van der Waals surface area contributed by atoms with Crippen molar-refractivity contribution in [1.82, 2.24) is 15.1 Å². The molecule has 1 aliphatic heterocycles. The smallest absolute Gasteiger partial charge is 0.325 e. The molecule has 0 aromatic carbocycles. The van der Waals surface area contributed by atoms with Gasteiger partial charge in [0.15, 0.2) is 0 Å². The Balaban J connectivity index is 1.98. The fourth-order valence-electron chi connectivity index (χ4n) is 4.08. The van der Waals surface area contributed by atoms with Crippen molar-refractivity contribution in [2.24, 2.45) is 11.3 Å². The average molecular weight is 396 g/mol. The van der Waals surface area contributed by atoms with E-state index in [0.29, 0.717) is 18.8 Å². The summed E-state index contributed by atoms with van der Waals surface area (Å²) in [7, 11) is 1.45. The number of nitrogens with zero attached hydrogens (tertiary/aromatic N) is 2. The molecule has 8 heteroatoms. The molecule has 0 aromatic rings. The van der Waals surface area contributed by atoms with Crippen LogP contribution in [0.3, 0.4) is 0 Å². The zero-order chi connectivity index (χ0) is 21.1. The second-order valence-corrected chi connectivity index (χ2v) is 8.57. The first-order valence-electron chi connectivity index (χ1n) is 10.1. The van der Waals surface area contributed by atoms with E-state index in [1.807, 2.05) is 0 Å². The third kappa shape index (κ3) is 4.47. The Morgan fingerprint density at radius 1 is 1.25 bits per heavy atom. The van der Waals surface area contributed by atoms with E-state index < -0.39 is 23.4 Å². The summed E-state index contributed by atoms with van der Waals surface area (Å²) in [5, 5.41) is 2.84. The molecule has 0 aromatic heterocycles. The van der Waals surface area contributed by atoms with Gasteiger partial charge in [-0.05, 0) is 43.9 Å². The van der Waals surface area contributed by atoms with Crippen molar-refractivity contribution in [3.63, 3.8) is 0 Å². The molecule has 28 heavy (non-hydrogen) atoms. The summed E-state index contributed by atoms with van der Waals surface area (Å²) in [6.07, 6.45) is 4.00. The molecule has 1 aliphatic carbocycles. The number of hydrogen-bond acceptors (Lipinski definition) is 5. The van der Waals surface area contributed by atoms with Crippen LogP contribution < -0.4 is 5.32 Å². The fraction of sp³-hybridized carbons (Fsp3) is 0.800. The fourth-order valence-corrected chi connectivity index (χ4v) is 4.08. The molecule has 0 atom stereocenters. The van der Waals surface area contributed by atoms with E-state index >= 15 is 0 Å². The van der Waals surface area contributed by atoms with Crippen LogP contribution in [0.5, 0.6) is 0 Å². The van der Waals surface area contributed by atoms with E-state index in [9.17, 15) is 19.2 Å². The maximum absolute atomic E-state index is 13.0. The highest BCUT2D eigenvalue weighted by molar-refractivity contribution is 6.09. The monoisotopic (exact) mass is 395 g/mol. The van der Waals surface area contributed by atoms with Gasteiger partial charge in [0.2, 0.25) is 5.91 Å². The van der Waals surface area contributed by atoms with Gasteiger partial charge in [0.05, 0.1) is 6.61 Å². The number of carbonyl (C=O) groups is 4. The molecule has 2 rings (SSSR count). The molecule has 2 aliphatic rings. The number of nitrogens with one attached hydrogen (secondary N) is 1. The van der Waals surface area contributed by atoms with Gasteiger partial charge in [0.1, 0.15) is 18.6 Å². The van der Waals surface area contributed by atoms with Gasteiger partial charge in [0, 0.05) is 7.05 Å². The zero-order valence-corrected chi connectivity index (χ0v) is 17.7. The number of ether oxygens (including phenoxy) is 1. The third-order valence-corrected chi connectivity index (χ3v) is 6.49. The molecule has 0 radical (unpaired) electrons. The lowest BCUT2D eigenvalue weighted by Gasteiger charge is -2.42. The van der Waals surface area contributed by atoms with Crippen LogP contribution in [0.4, 0.5) is 4.79 Å². The number of amides is 4. The number of urea groups is 1. The molecule has 2 fully saturated rings. The molecule has 8 nitrogen and oxygen atoms in total. The first-order valence-corrected chi connectivity index (χ1v) is 10.1. The van der Waals surface area contributed by atoms with Gasteiger partial charge in [-0.1, -0.05) is 27.2 Å². The van der Waals surface area contributed by atoms with E-state index in [1.165, 1.54) is 11.9 Å². The molecule has 0 unspecified atom stereocenters. The van der Waals surface area contributed by atoms with Gasteiger partial charge < -0.3 is 15.0 Å². The third-order valence-electron chi connectivity index (χ3n) is 6.49.